The van der Waals surface area contributed by atoms with Crippen molar-refractivity contribution >= 4 is 22.6 Å². The maximum absolute atomic E-state index is 6.42. The molecule has 1 aliphatic carbocycles. The smallest absolute Gasteiger partial charge is 0.0717 e. The van der Waals surface area contributed by atoms with Crippen molar-refractivity contribution in [1.82, 2.24) is 0 Å². The standard InChI is InChI=1S/C15H22INO/c16-14-7-5-13(6-8-14)11-18-12-15(17)9-3-1-2-4-10-15/h5-8H,1-4,9-12,17H2. The minimum absolute atomic E-state index is 0.0836. The minimum atomic E-state index is -0.0836. The zero-order valence-corrected chi connectivity index (χ0v) is 13.0. The molecule has 0 aromatic heterocycles. The topological polar surface area (TPSA) is 35.2 Å². The number of nitrogens with two attached hydrogens (primary N) is 1. The lowest BCUT2D eigenvalue weighted by Crippen LogP contribution is -2.43. The van der Waals surface area contributed by atoms with E-state index in [1.54, 1.807) is 0 Å². The Morgan fingerprint density at radius 2 is 1.67 bits per heavy atom. The van der Waals surface area contributed by atoms with Crippen molar-refractivity contribution < 1.29 is 4.74 Å². The van der Waals surface area contributed by atoms with Crippen LogP contribution < -0.4 is 5.73 Å². The molecule has 1 saturated carbocycles. The maximum atomic E-state index is 6.42. The molecule has 0 atom stereocenters. The summed E-state index contributed by atoms with van der Waals surface area (Å²) in [5.74, 6) is 0. The SMILES string of the molecule is NC1(COCc2ccc(I)cc2)CCCCCC1. The van der Waals surface area contributed by atoms with Crippen LogP contribution in [0, 0.1) is 3.57 Å². The van der Waals surface area contributed by atoms with E-state index >= 15 is 0 Å². The lowest BCUT2D eigenvalue weighted by Gasteiger charge is -2.27. The quantitative estimate of drug-likeness (QED) is 0.655. The third-order valence-corrected chi connectivity index (χ3v) is 4.39. The fourth-order valence-corrected chi connectivity index (χ4v) is 2.89. The normalized spacial score (nSPS) is 19.4. The van der Waals surface area contributed by atoms with Gasteiger partial charge < -0.3 is 10.5 Å². The van der Waals surface area contributed by atoms with Gasteiger partial charge in [0.25, 0.3) is 0 Å². The Bertz CT molecular complexity index is 355. The van der Waals surface area contributed by atoms with Crippen LogP contribution in [0.2, 0.25) is 0 Å². The molecular weight excluding hydrogens is 337 g/mol. The van der Waals surface area contributed by atoms with Crippen LogP contribution in [0.5, 0.6) is 0 Å². The molecule has 0 saturated heterocycles. The first-order chi connectivity index (χ1) is 8.68. The van der Waals surface area contributed by atoms with Crippen LogP contribution in [0.25, 0.3) is 0 Å². The van der Waals surface area contributed by atoms with Gasteiger partial charge in [0, 0.05) is 9.11 Å². The van der Waals surface area contributed by atoms with Gasteiger partial charge >= 0.3 is 0 Å². The van der Waals surface area contributed by atoms with Crippen LogP contribution in [0.4, 0.5) is 0 Å². The van der Waals surface area contributed by atoms with Crippen molar-refractivity contribution in [3.63, 3.8) is 0 Å². The van der Waals surface area contributed by atoms with Crippen molar-refractivity contribution in [2.75, 3.05) is 6.61 Å². The highest BCUT2D eigenvalue weighted by molar-refractivity contribution is 14.1. The molecule has 2 N–H and O–H groups in total. The Morgan fingerprint density at radius 3 is 2.28 bits per heavy atom. The number of hydrogen-bond acceptors (Lipinski definition) is 2. The van der Waals surface area contributed by atoms with E-state index in [4.69, 9.17) is 10.5 Å². The molecule has 1 aromatic rings. The average molecular weight is 359 g/mol. The third-order valence-electron chi connectivity index (χ3n) is 3.67. The Labute approximate surface area is 123 Å². The molecule has 18 heavy (non-hydrogen) atoms. The Balaban J connectivity index is 1.78. The molecule has 3 heteroatoms. The van der Waals surface area contributed by atoms with E-state index < -0.39 is 0 Å². The van der Waals surface area contributed by atoms with Gasteiger partial charge in [0.2, 0.25) is 0 Å². The van der Waals surface area contributed by atoms with Gasteiger partial charge in [0.1, 0.15) is 0 Å². The zero-order chi connectivity index (χ0) is 12.8. The van der Waals surface area contributed by atoms with E-state index in [0.717, 1.165) is 12.8 Å². The van der Waals surface area contributed by atoms with Gasteiger partial charge in [-0.2, -0.15) is 0 Å². The molecule has 0 unspecified atom stereocenters. The number of benzene rings is 1. The first kappa shape index (κ1) is 14.3. The number of rotatable bonds is 4. The van der Waals surface area contributed by atoms with Crippen LogP contribution in [0.15, 0.2) is 24.3 Å². The van der Waals surface area contributed by atoms with Crippen molar-refractivity contribution in [1.29, 1.82) is 0 Å². The Hall–Kier alpha value is -0.130. The monoisotopic (exact) mass is 359 g/mol. The molecule has 1 fully saturated rings. The molecule has 1 aromatic carbocycles. The first-order valence-electron chi connectivity index (χ1n) is 6.79. The van der Waals surface area contributed by atoms with Crippen molar-refractivity contribution in [3.05, 3.63) is 33.4 Å². The highest BCUT2D eigenvalue weighted by atomic mass is 127. The molecule has 0 amide bonds. The molecule has 0 bridgehead atoms. The third kappa shape index (κ3) is 4.52. The first-order valence-corrected chi connectivity index (χ1v) is 7.87. The van der Waals surface area contributed by atoms with E-state index in [1.165, 1.54) is 34.8 Å². The van der Waals surface area contributed by atoms with E-state index in [-0.39, 0.29) is 5.54 Å². The molecule has 0 radical (unpaired) electrons. The van der Waals surface area contributed by atoms with Crippen LogP contribution in [0.3, 0.4) is 0 Å². The van der Waals surface area contributed by atoms with Gasteiger partial charge in [0.15, 0.2) is 0 Å². The lowest BCUT2D eigenvalue weighted by molar-refractivity contribution is 0.0667. The van der Waals surface area contributed by atoms with Gasteiger partial charge in [-0.15, -0.1) is 0 Å². The van der Waals surface area contributed by atoms with Crippen LogP contribution >= 0.6 is 22.6 Å². The van der Waals surface area contributed by atoms with E-state index in [2.05, 4.69) is 46.9 Å². The second-order valence-corrected chi connectivity index (χ2v) is 6.64. The van der Waals surface area contributed by atoms with Crippen LogP contribution in [-0.4, -0.2) is 12.1 Å². The Kier molecular flexibility index (Phi) is 5.45. The fraction of sp³-hybridized carbons (Fsp3) is 0.600. The largest absolute Gasteiger partial charge is 0.375 e. The summed E-state index contributed by atoms with van der Waals surface area (Å²) in [7, 11) is 0. The van der Waals surface area contributed by atoms with Crippen molar-refractivity contribution in [2.45, 2.75) is 50.7 Å². The zero-order valence-electron chi connectivity index (χ0n) is 10.8. The number of halogens is 1. The average Bonchev–Trinajstić information content (AvgIpc) is 2.57. The maximum Gasteiger partial charge on any atom is 0.0717 e. The number of ether oxygens (including phenoxy) is 1. The summed E-state index contributed by atoms with van der Waals surface area (Å²) in [4.78, 5) is 0. The Morgan fingerprint density at radius 1 is 1.06 bits per heavy atom. The summed E-state index contributed by atoms with van der Waals surface area (Å²) in [6.07, 6.45) is 7.39. The molecule has 1 aliphatic rings. The lowest BCUT2D eigenvalue weighted by atomic mass is 9.93. The predicted molar refractivity (Wildman–Crippen MR) is 83.4 cm³/mol. The van der Waals surface area contributed by atoms with Gasteiger partial charge in [0.05, 0.1) is 13.2 Å². The second-order valence-electron chi connectivity index (χ2n) is 5.40. The molecule has 100 valence electrons. The highest BCUT2D eigenvalue weighted by Crippen LogP contribution is 2.25. The van der Waals surface area contributed by atoms with Gasteiger partial charge in [-0.1, -0.05) is 37.8 Å². The van der Waals surface area contributed by atoms with E-state index in [1.807, 2.05) is 0 Å². The van der Waals surface area contributed by atoms with E-state index in [9.17, 15) is 0 Å². The van der Waals surface area contributed by atoms with Crippen molar-refractivity contribution in [3.8, 4) is 0 Å². The minimum Gasteiger partial charge on any atom is -0.375 e. The summed E-state index contributed by atoms with van der Waals surface area (Å²) < 4.78 is 7.09. The molecule has 2 rings (SSSR count). The van der Waals surface area contributed by atoms with Crippen molar-refractivity contribution in [2.24, 2.45) is 5.73 Å². The van der Waals surface area contributed by atoms with E-state index in [0.29, 0.717) is 13.2 Å². The van der Waals surface area contributed by atoms with Gasteiger partial charge in [-0.25, -0.2) is 0 Å². The molecule has 0 heterocycles. The molecule has 0 spiro atoms. The summed E-state index contributed by atoms with van der Waals surface area (Å²) in [5, 5.41) is 0. The van der Waals surface area contributed by atoms with Crippen LogP contribution in [0.1, 0.15) is 44.1 Å². The molecular formula is C15H22INO. The van der Waals surface area contributed by atoms with Crippen LogP contribution in [-0.2, 0) is 11.3 Å². The molecule has 0 aliphatic heterocycles. The summed E-state index contributed by atoms with van der Waals surface area (Å²) in [6, 6.07) is 8.47. The second kappa shape index (κ2) is 6.87. The summed E-state index contributed by atoms with van der Waals surface area (Å²) >= 11 is 2.32. The summed E-state index contributed by atoms with van der Waals surface area (Å²) in [5.41, 5.74) is 7.57. The summed E-state index contributed by atoms with van der Waals surface area (Å²) in [6.45, 7) is 1.37. The van der Waals surface area contributed by atoms with Gasteiger partial charge in [-0.3, -0.25) is 0 Å². The fourth-order valence-electron chi connectivity index (χ4n) is 2.53. The van der Waals surface area contributed by atoms with Gasteiger partial charge in [-0.05, 0) is 53.1 Å². The highest BCUT2D eigenvalue weighted by Gasteiger charge is 2.26. The molecule has 2 nitrogen and oxygen atoms in total. The number of hydrogen-bond donors (Lipinski definition) is 1. The predicted octanol–water partition coefficient (Wildman–Crippen LogP) is 3.86.